The number of amides is 2. The van der Waals surface area contributed by atoms with Gasteiger partial charge < -0.3 is 10.6 Å². The van der Waals surface area contributed by atoms with E-state index in [1.54, 1.807) is 12.1 Å². The summed E-state index contributed by atoms with van der Waals surface area (Å²) in [6.45, 7) is 0. The third-order valence-electron chi connectivity index (χ3n) is 2.62. The van der Waals surface area contributed by atoms with Crippen LogP contribution in [0.2, 0.25) is 5.02 Å². The fourth-order valence-corrected chi connectivity index (χ4v) is 1.85. The molecule has 2 amide bonds. The Morgan fingerprint density at radius 3 is 2.24 bits per heavy atom. The maximum Gasteiger partial charge on any atom is 0.257 e. The fraction of sp³-hybridized carbons (Fsp3) is 0. The largest absolute Gasteiger partial charge is 0.329 e. The van der Waals surface area contributed by atoms with Crippen LogP contribution >= 0.6 is 11.6 Å². The Labute approximate surface area is 123 Å². The highest BCUT2D eigenvalue weighted by atomic mass is 35.5. The number of carbonyl (C=O) groups is 2. The Hall–Kier alpha value is -2.47. The van der Waals surface area contributed by atoms with E-state index >= 15 is 0 Å². The van der Waals surface area contributed by atoms with Gasteiger partial charge >= 0.3 is 0 Å². The van der Waals surface area contributed by atoms with E-state index in [1.807, 2.05) is 0 Å². The van der Waals surface area contributed by atoms with Crippen molar-refractivity contribution in [1.82, 2.24) is 0 Å². The molecule has 0 radical (unpaired) electrons. The summed E-state index contributed by atoms with van der Waals surface area (Å²) in [4.78, 5) is 22.2. The van der Waals surface area contributed by atoms with Crippen molar-refractivity contribution in [1.29, 1.82) is 0 Å². The van der Waals surface area contributed by atoms with E-state index < -0.39 is 17.5 Å². The zero-order chi connectivity index (χ0) is 15.4. The first-order valence-corrected chi connectivity index (χ1v) is 6.15. The second-order valence-electron chi connectivity index (χ2n) is 4.04. The number of nitrogens with one attached hydrogen (secondary N) is 2. The Kier molecular flexibility index (Phi) is 4.49. The summed E-state index contributed by atoms with van der Waals surface area (Å²) >= 11 is 5.71. The number of halogens is 3. The molecule has 4 nitrogen and oxygen atoms in total. The molecular weight excluding hydrogens is 302 g/mol. The average Bonchev–Trinajstić information content (AvgIpc) is 2.45. The summed E-state index contributed by atoms with van der Waals surface area (Å²) < 4.78 is 26.1. The van der Waals surface area contributed by atoms with Crippen LogP contribution in [-0.2, 0) is 4.79 Å². The normalized spacial score (nSPS) is 10.0. The first-order valence-electron chi connectivity index (χ1n) is 5.77. The SMILES string of the molecule is O=CNc1ccc(NC(=O)c2cc(F)c(F)cc2Cl)cc1. The average molecular weight is 311 g/mol. The lowest BCUT2D eigenvalue weighted by Crippen LogP contribution is -2.13. The van der Waals surface area contributed by atoms with Crippen LogP contribution in [0.25, 0.3) is 0 Å². The number of benzene rings is 2. The van der Waals surface area contributed by atoms with E-state index in [9.17, 15) is 18.4 Å². The molecule has 0 spiro atoms. The summed E-state index contributed by atoms with van der Waals surface area (Å²) in [6, 6.07) is 7.68. The predicted molar refractivity (Wildman–Crippen MR) is 75.4 cm³/mol. The van der Waals surface area contributed by atoms with E-state index in [1.165, 1.54) is 12.1 Å². The Bertz CT molecular complexity index is 690. The highest BCUT2D eigenvalue weighted by molar-refractivity contribution is 6.34. The van der Waals surface area contributed by atoms with Crippen molar-refractivity contribution in [3.63, 3.8) is 0 Å². The molecule has 0 saturated heterocycles. The van der Waals surface area contributed by atoms with Crippen LogP contribution in [0.5, 0.6) is 0 Å². The van der Waals surface area contributed by atoms with Crippen molar-refractivity contribution in [3.8, 4) is 0 Å². The molecule has 0 saturated carbocycles. The summed E-state index contributed by atoms with van der Waals surface area (Å²) in [5.74, 6) is -2.95. The molecule has 0 aliphatic heterocycles. The van der Waals surface area contributed by atoms with Gasteiger partial charge in [-0.15, -0.1) is 0 Å². The highest BCUT2D eigenvalue weighted by Crippen LogP contribution is 2.21. The van der Waals surface area contributed by atoms with Gasteiger partial charge in [0.25, 0.3) is 5.91 Å². The Morgan fingerprint density at radius 2 is 1.62 bits per heavy atom. The van der Waals surface area contributed by atoms with Crippen LogP contribution in [0.15, 0.2) is 36.4 Å². The molecule has 2 aromatic rings. The Balaban J connectivity index is 2.18. The second-order valence-corrected chi connectivity index (χ2v) is 4.45. The maximum atomic E-state index is 13.1. The minimum Gasteiger partial charge on any atom is -0.329 e. The number of hydrogen-bond acceptors (Lipinski definition) is 2. The smallest absolute Gasteiger partial charge is 0.257 e. The minimum absolute atomic E-state index is 0.175. The first-order chi connectivity index (χ1) is 10.0. The van der Waals surface area contributed by atoms with Crippen molar-refractivity contribution >= 4 is 35.3 Å². The lowest BCUT2D eigenvalue weighted by atomic mass is 10.2. The van der Waals surface area contributed by atoms with Gasteiger partial charge in [-0.05, 0) is 36.4 Å². The monoisotopic (exact) mass is 310 g/mol. The van der Waals surface area contributed by atoms with Crippen molar-refractivity contribution < 1.29 is 18.4 Å². The first kappa shape index (κ1) is 14.9. The molecule has 0 atom stereocenters. The number of rotatable bonds is 4. The molecule has 0 bridgehead atoms. The molecule has 7 heteroatoms. The molecule has 2 N–H and O–H groups in total. The number of carbonyl (C=O) groups excluding carboxylic acids is 2. The Morgan fingerprint density at radius 1 is 1.05 bits per heavy atom. The van der Waals surface area contributed by atoms with Gasteiger partial charge in [0.15, 0.2) is 11.6 Å². The molecule has 0 aromatic heterocycles. The fourth-order valence-electron chi connectivity index (χ4n) is 1.61. The summed E-state index contributed by atoms with van der Waals surface area (Å²) in [6.07, 6.45) is 0.522. The van der Waals surface area contributed by atoms with Gasteiger partial charge in [-0.3, -0.25) is 9.59 Å². The van der Waals surface area contributed by atoms with Gasteiger partial charge in [0, 0.05) is 11.4 Å². The standard InChI is InChI=1S/C14H9ClF2N2O2/c15-11-6-13(17)12(16)5-10(11)14(21)19-9-3-1-8(2-4-9)18-7-20/h1-7H,(H,18,20)(H,19,21). The zero-order valence-corrected chi connectivity index (χ0v) is 11.2. The molecule has 0 aliphatic carbocycles. The van der Waals surface area contributed by atoms with Gasteiger partial charge in [0.05, 0.1) is 10.6 Å². The maximum absolute atomic E-state index is 13.1. The van der Waals surface area contributed by atoms with Crippen molar-refractivity contribution in [3.05, 3.63) is 58.6 Å². The van der Waals surface area contributed by atoms with E-state index in [4.69, 9.17) is 11.6 Å². The van der Waals surface area contributed by atoms with Crippen LogP contribution in [0.4, 0.5) is 20.2 Å². The summed E-state index contributed by atoms with van der Waals surface area (Å²) in [7, 11) is 0. The van der Waals surface area contributed by atoms with Crippen LogP contribution in [0.1, 0.15) is 10.4 Å². The second kappa shape index (κ2) is 6.32. The zero-order valence-electron chi connectivity index (χ0n) is 10.5. The van der Waals surface area contributed by atoms with Gasteiger partial charge in [-0.1, -0.05) is 11.6 Å². The summed E-state index contributed by atoms with van der Waals surface area (Å²) in [5, 5.41) is 4.73. The third-order valence-corrected chi connectivity index (χ3v) is 2.94. The molecule has 21 heavy (non-hydrogen) atoms. The quantitative estimate of drug-likeness (QED) is 0.671. The van der Waals surface area contributed by atoms with E-state index in [2.05, 4.69) is 10.6 Å². The molecular formula is C14H9ClF2N2O2. The van der Waals surface area contributed by atoms with Crippen LogP contribution in [-0.4, -0.2) is 12.3 Å². The van der Waals surface area contributed by atoms with E-state index in [-0.39, 0.29) is 10.6 Å². The lowest BCUT2D eigenvalue weighted by Gasteiger charge is -2.08. The molecule has 0 aliphatic rings. The van der Waals surface area contributed by atoms with E-state index in [0.29, 0.717) is 17.8 Å². The number of hydrogen-bond donors (Lipinski definition) is 2. The van der Waals surface area contributed by atoms with Gasteiger partial charge in [-0.25, -0.2) is 8.78 Å². The molecule has 2 aromatic carbocycles. The minimum atomic E-state index is -1.16. The van der Waals surface area contributed by atoms with Crippen LogP contribution in [0, 0.1) is 11.6 Å². The summed E-state index contributed by atoms with van der Waals surface area (Å²) in [5.41, 5.74) is 0.789. The molecule has 0 fully saturated rings. The molecule has 108 valence electrons. The third kappa shape index (κ3) is 3.55. The molecule has 0 unspecified atom stereocenters. The van der Waals surface area contributed by atoms with Crippen molar-refractivity contribution in [2.45, 2.75) is 0 Å². The molecule has 0 heterocycles. The topological polar surface area (TPSA) is 58.2 Å². The van der Waals surface area contributed by atoms with Gasteiger partial charge in [0.2, 0.25) is 6.41 Å². The predicted octanol–water partition coefficient (Wildman–Crippen LogP) is 3.44. The van der Waals surface area contributed by atoms with Crippen molar-refractivity contribution in [2.24, 2.45) is 0 Å². The van der Waals surface area contributed by atoms with Crippen LogP contribution in [0.3, 0.4) is 0 Å². The van der Waals surface area contributed by atoms with Gasteiger partial charge in [-0.2, -0.15) is 0 Å². The highest BCUT2D eigenvalue weighted by Gasteiger charge is 2.15. The van der Waals surface area contributed by atoms with E-state index in [0.717, 1.165) is 12.1 Å². The van der Waals surface area contributed by atoms with Crippen molar-refractivity contribution in [2.75, 3.05) is 10.6 Å². The van der Waals surface area contributed by atoms with Crippen LogP contribution < -0.4 is 10.6 Å². The van der Waals surface area contributed by atoms with Gasteiger partial charge in [0.1, 0.15) is 0 Å². The molecule has 2 rings (SSSR count). The number of anilines is 2. The lowest BCUT2D eigenvalue weighted by molar-refractivity contribution is -0.105.